The van der Waals surface area contributed by atoms with E-state index in [2.05, 4.69) is 15.6 Å². The summed E-state index contributed by atoms with van der Waals surface area (Å²) < 4.78 is 10.5. The predicted octanol–water partition coefficient (Wildman–Crippen LogP) is 1.62. The molecule has 6 nitrogen and oxygen atoms in total. The van der Waals surface area contributed by atoms with Crippen LogP contribution >= 0.6 is 0 Å². The molecule has 6 heteroatoms. The third-order valence-electron chi connectivity index (χ3n) is 3.10. The standard InChI is InChI=1S/C16H21N3O3/c1-12-14(15(20)18-9-8-17-10-11-21-2)19-16(22-12)13-6-4-3-5-7-13/h3-7,17H,8-11H2,1-2H3,(H,18,20). The van der Waals surface area contributed by atoms with Crippen molar-refractivity contribution in [3.05, 3.63) is 41.8 Å². The van der Waals surface area contributed by atoms with Crippen LogP contribution in [0.25, 0.3) is 11.5 Å². The Morgan fingerprint density at radius 2 is 2.00 bits per heavy atom. The first-order chi connectivity index (χ1) is 10.7. The van der Waals surface area contributed by atoms with Crippen LogP contribution in [0.5, 0.6) is 0 Å². The topological polar surface area (TPSA) is 76.4 Å². The number of hydrogen-bond acceptors (Lipinski definition) is 5. The number of aromatic nitrogens is 1. The molecule has 0 fully saturated rings. The van der Waals surface area contributed by atoms with Gasteiger partial charge in [0.25, 0.3) is 5.91 Å². The van der Waals surface area contributed by atoms with E-state index in [1.165, 1.54) is 0 Å². The van der Waals surface area contributed by atoms with Crippen molar-refractivity contribution >= 4 is 5.91 Å². The van der Waals surface area contributed by atoms with Gasteiger partial charge in [0.15, 0.2) is 5.69 Å². The molecule has 1 aromatic carbocycles. The first-order valence-corrected chi connectivity index (χ1v) is 7.23. The Labute approximate surface area is 129 Å². The Morgan fingerprint density at radius 3 is 2.73 bits per heavy atom. The van der Waals surface area contributed by atoms with Gasteiger partial charge in [-0.3, -0.25) is 4.79 Å². The van der Waals surface area contributed by atoms with E-state index in [1.54, 1.807) is 14.0 Å². The van der Waals surface area contributed by atoms with Crippen molar-refractivity contribution in [3.63, 3.8) is 0 Å². The van der Waals surface area contributed by atoms with Gasteiger partial charge < -0.3 is 19.8 Å². The van der Waals surface area contributed by atoms with Gasteiger partial charge in [0.1, 0.15) is 5.76 Å². The fourth-order valence-corrected chi connectivity index (χ4v) is 1.96. The Bertz CT molecular complexity index is 596. The Morgan fingerprint density at radius 1 is 1.23 bits per heavy atom. The van der Waals surface area contributed by atoms with Crippen LogP contribution in [0.4, 0.5) is 0 Å². The number of amides is 1. The van der Waals surface area contributed by atoms with E-state index in [4.69, 9.17) is 9.15 Å². The second kappa shape index (κ2) is 8.31. The van der Waals surface area contributed by atoms with Crippen LogP contribution in [-0.2, 0) is 4.74 Å². The molecular formula is C16H21N3O3. The molecule has 0 radical (unpaired) electrons. The van der Waals surface area contributed by atoms with Gasteiger partial charge in [0, 0.05) is 32.3 Å². The van der Waals surface area contributed by atoms with Crippen LogP contribution in [-0.4, -0.2) is 44.2 Å². The van der Waals surface area contributed by atoms with Crippen LogP contribution in [0.2, 0.25) is 0 Å². The molecule has 0 saturated heterocycles. The highest BCUT2D eigenvalue weighted by atomic mass is 16.5. The summed E-state index contributed by atoms with van der Waals surface area (Å²) in [5, 5.41) is 5.97. The van der Waals surface area contributed by atoms with E-state index in [9.17, 15) is 4.79 Å². The van der Waals surface area contributed by atoms with E-state index in [1.807, 2.05) is 30.3 Å². The summed E-state index contributed by atoms with van der Waals surface area (Å²) >= 11 is 0. The molecule has 22 heavy (non-hydrogen) atoms. The lowest BCUT2D eigenvalue weighted by Crippen LogP contribution is -2.33. The maximum atomic E-state index is 12.1. The van der Waals surface area contributed by atoms with Gasteiger partial charge in [-0.25, -0.2) is 4.98 Å². The van der Waals surface area contributed by atoms with Gasteiger partial charge in [0.2, 0.25) is 5.89 Å². The number of nitrogens with zero attached hydrogens (tertiary/aromatic N) is 1. The van der Waals surface area contributed by atoms with Crippen LogP contribution in [0, 0.1) is 6.92 Å². The van der Waals surface area contributed by atoms with Gasteiger partial charge in [-0.1, -0.05) is 18.2 Å². The van der Waals surface area contributed by atoms with Crippen molar-refractivity contribution in [2.45, 2.75) is 6.92 Å². The molecule has 0 atom stereocenters. The summed E-state index contributed by atoms with van der Waals surface area (Å²) in [7, 11) is 1.65. The number of rotatable bonds is 8. The largest absolute Gasteiger partial charge is 0.441 e. The number of methoxy groups -OCH3 is 1. The van der Waals surface area contributed by atoms with Gasteiger partial charge in [-0.2, -0.15) is 0 Å². The second-order valence-electron chi connectivity index (χ2n) is 4.79. The molecule has 0 aliphatic rings. The molecule has 0 unspecified atom stereocenters. The molecule has 1 aromatic heterocycles. The van der Waals surface area contributed by atoms with Gasteiger partial charge in [-0.15, -0.1) is 0 Å². The second-order valence-corrected chi connectivity index (χ2v) is 4.79. The average Bonchev–Trinajstić information content (AvgIpc) is 2.93. The van der Waals surface area contributed by atoms with Gasteiger partial charge in [-0.05, 0) is 19.1 Å². The molecule has 0 aliphatic heterocycles. The van der Waals surface area contributed by atoms with Crippen LogP contribution in [0.3, 0.4) is 0 Å². The summed E-state index contributed by atoms with van der Waals surface area (Å²) in [6, 6.07) is 9.52. The smallest absolute Gasteiger partial charge is 0.273 e. The molecule has 0 spiro atoms. The lowest BCUT2D eigenvalue weighted by Gasteiger charge is -2.05. The lowest BCUT2D eigenvalue weighted by molar-refractivity contribution is 0.0948. The van der Waals surface area contributed by atoms with Crippen molar-refractivity contribution in [3.8, 4) is 11.5 Å². The molecule has 0 aliphatic carbocycles. The minimum atomic E-state index is -0.225. The molecule has 0 bridgehead atoms. The Kier molecular flexibility index (Phi) is 6.12. The van der Waals surface area contributed by atoms with Crippen molar-refractivity contribution in [1.29, 1.82) is 0 Å². The number of aryl methyl sites for hydroxylation is 1. The summed E-state index contributed by atoms with van der Waals surface area (Å²) in [4.78, 5) is 16.4. The number of carbonyl (C=O) groups is 1. The summed E-state index contributed by atoms with van der Waals surface area (Å²) in [5.74, 6) is 0.752. The minimum Gasteiger partial charge on any atom is -0.441 e. The highest BCUT2D eigenvalue weighted by molar-refractivity contribution is 5.93. The lowest BCUT2D eigenvalue weighted by atomic mass is 10.2. The highest BCUT2D eigenvalue weighted by Gasteiger charge is 2.17. The molecule has 1 heterocycles. The zero-order valence-corrected chi connectivity index (χ0v) is 12.9. The monoisotopic (exact) mass is 303 g/mol. The molecule has 2 N–H and O–H groups in total. The fraction of sp³-hybridized carbons (Fsp3) is 0.375. The van der Waals surface area contributed by atoms with E-state index < -0.39 is 0 Å². The molecule has 1 amide bonds. The third-order valence-corrected chi connectivity index (χ3v) is 3.10. The number of carbonyl (C=O) groups excluding carboxylic acids is 1. The number of ether oxygens (including phenoxy) is 1. The summed E-state index contributed by atoms with van der Waals surface area (Å²) in [6.45, 7) is 4.35. The van der Waals surface area contributed by atoms with Crippen molar-refractivity contribution < 1.29 is 13.9 Å². The normalized spacial score (nSPS) is 10.6. The van der Waals surface area contributed by atoms with E-state index in [-0.39, 0.29) is 5.91 Å². The highest BCUT2D eigenvalue weighted by Crippen LogP contribution is 2.21. The van der Waals surface area contributed by atoms with Crippen LogP contribution < -0.4 is 10.6 Å². The number of benzene rings is 1. The zero-order valence-electron chi connectivity index (χ0n) is 12.9. The number of hydrogen-bond donors (Lipinski definition) is 2. The summed E-state index contributed by atoms with van der Waals surface area (Å²) in [6.07, 6.45) is 0. The first-order valence-electron chi connectivity index (χ1n) is 7.23. The predicted molar refractivity (Wildman–Crippen MR) is 83.8 cm³/mol. The average molecular weight is 303 g/mol. The first kappa shape index (κ1) is 16.2. The fourth-order valence-electron chi connectivity index (χ4n) is 1.96. The van der Waals surface area contributed by atoms with E-state index in [0.29, 0.717) is 37.0 Å². The quantitative estimate of drug-likeness (QED) is 0.725. The van der Waals surface area contributed by atoms with E-state index >= 15 is 0 Å². The molecular weight excluding hydrogens is 282 g/mol. The number of nitrogens with one attached hydrogen (secondary N) is 2. The maximum Gasteiger partial charge on any atom is 0.273 e. The van der Waals surface area contributed by atoms with Crippen LogP contribution in [0.15, 0.2) is 34.7 Å². The van der Waals surface area contributed by atoms with Crippen molar-refractivity contribution in [1.82, 2.24) is 15.6 Å². The van der Waals surface area contributed by atoms with Crippen molar-refractivity contribution in [2.75, 3.05) is 33.4 Å². The Hall–Kier alpha value is -2.18. The molecule has 2 rings (SSSR count). The number of oxazole rings is 1. The zero-order chi connectivity index (χ0) is 15.8. The van der Waals surface area contributed by atoms with Crippen LogP contribution in [0.1, 0.15) is 16.2 Å². The molecule has 2 aromatic rings. The SMILES string of the molecule is COCCNCCNC(=O)c1nc(-c2ccccc2)oc1C. The maximum absolute atomic E-state index is 12.1. The molecule has 118 valence electrons. The van der Waals surface area contributed by atoms with Gasteiger partial charge in [0.05, 0.1) is 6.61 Å². The minimum absolute atomic E-state index is 0.225. The van der Waals surface area contributed by atoms with Gasteiger partial charge >= 0.3 is 0 Å². The molecule has 0 saturated carbocycles. The third kappa shape index (κ3) is 4.41. The van der Waals surface area contributed by atoms with Crippen molar-refractivity contribution in [2.24, 2.45) is 0 Å². The summed E-state index contributed by atoms with van der Waals surface area (Å²) in [5.41, 5.74) is 1.18. The Balaban J connectivity index is 1.89. The van der Waals surface area contributed by atoms with E-state index in [0.717, 1.165) is 12.1 Å².